The molecule has 0 aliphatic carbocycles. The first kappa shape index (κ1) is 30.3. The van der Waals surface area contributed by atoms with Crippen LogP contribution in [0.15, 0.2) is 73.3 Å². The summed E-state index contributed by atoms with van der Waals surface area (Å²) in [7, 11) is 0. The van der Waals surface area contributed by atoms with Crippen LogP contribution in [0.5, 0.6) is 0 Å². The summed E-state index contributed by atoms with van der Waals surface area (Å²) < 4.78 is 0. The number of nitrogens with two attached hydrogens (primary N) is 1. The fourth-order valence-electron chi connectivity index (χ4n) is 4.52. The van der Waals surface area contributed by atoms with Crippen molar-refractivity contribution in [2.24, 2.45) is 5.73 Å². The average Bonchev–Trinajstić information content (AvgIpc) is 3.65. The molecule has 4 aromatic rings. The number of carboxylic acid groups (broad SMARTS) is 1. The number of carbonyl (C=O) groups excluding carboxylic acids is 3. The summed E-state index contributed by atoms with van der Waals surface area (Å²) >= 11 is 4.21. The third-order valence-electron chi connectivity index (χ3n) is 6.78. The van der Waals surface area contributed by atoms with E-state index in [-0.39, 0.29) is 25.0 Å². The number of benzene rings is 2. The molecule has 4 atom stereocenters. The van der Waals surface area contributed by atoms with Gasteiger partial charge in [-0.2, -0.15) is 12.6 Å². The van der Waals surface area contributed by atoms with Gasteiger partial charge in [-0.25, -0.2) is 9.78 Å². The molecule has 12 nitrogen and oxygen atoms in total. The quantitative estimate of drug-likeness (QED) is 0.0989. The van der Waals surface area contributed by atoms with E-state index in [0.717, 1.165) is 22.0 Å². The monoisotopic (exact) mass is 591 g/mol. The van der Waals surface area contributed by atoms with Crippen molar-refractivity contribution in [3.8, 4) is 0 Å². The van der Waals surface area contributed by atoms with Gasteiger partial charge in [0.25, 0.3) is 0 Å². The van der Waals surface area contributed by atoms with E-state index in [1.807, 2.05) is 54.6 Å². The number of fused-ring (bicyclic) bond motifs is 1. The lowest BCUT2D eigenvalue weighted by Gasteiger charge is -2.24. The topological polar surface area (TPSA) is 195 Å². The van der Waals surface area contributed by atoms with Crippen LogP contribution in [0.2, 0.25) is 0 Å². The Morgan fingerprint density at radius 3 is 2.19 bits per heavy atom. The lowest BCUT2D eigenvalue weighted by Crippen LogP contribution is -2.58. The third kappa shape index (κ3) is 7.98. The number of carboxylic acids is 1. The third-order valence-corrected chi connectivity index (χ3v) is 7.14. The highest BCUT2D eigenvalue weighted by Crippen LogP contribution is 2.19. The largest absolute Gasteiger partial charge is 0.480 e. The van der Waals surface area contributed by atoms with Crippen molar-refractivity contribution in [2.75, 3.05) is 5.75 Å². The first-order valence-electron chi connectivity index (χ1n) is 13.3. The van der Waals surface area contributed by atoms with Crippen LogP contribution < -0.4 is 21.7 Å². The normalized spacial score (nSPS) is 14.0. The van der Waals surface area contributed by atoms with Crippen molar-refractivity contribution in [2.45, 2.75) is 43.4 Å². The molecule has 0 spiro atoms. The van der Waals surface area contributed by atoms with Gasteiger partial charge in [-0.1, -0.05) is 48.5 Å². The lowest BCUT2D eigenvalue weighted by atomic mass is 10.0. The molecule has 0 saturated carbocycles. The van der Waals surface area contributed by atoms with E-state index in [0.29, 0.717) is 5.69 Å². The van der Waals surface area contributed by atoms with Crippen LogP contribution in [-0.4, -0.2) is 73.7 Å². The zero-order chi connectivity index (χ0) is 30.1. The van der Waals surface area contributed by atoms with Crippen molar-refractivity contribution in [1.29, 1.82) is 0 Å². The number of rotatable bonds is 14. The number of aromatic amines is 2. The van der Waals surface area contributed by atoms with E-state index in [1.54, 1.807) is 6.20 Å². The Morgan fingerprint density at radius 2 is 1.50 bits per heavy atom. The first-order chi connectivity index (χ1) is 20.2. The number of nitrogens with zero attached hydrogens (tertiary/aromatic N) is 1. The number of hydrogen-bond acceptors (Lipinski definition) is 7. The number of H-pyrrole nitrogens is 2. The van der Waals surface area contributed by atoms with E-state index in [2.05, 4.69) is 43.5 Å². The number of thiol groups is 1. The Kier molecular flexibility index (Phi) is 10.3. The molecule has 220 valence electrons. The molecule has 0 fully saturated rings. The molecule has 2 aromatic carbocycles. The Hall–Kier alpha value is -4.62. The maximum Gasteiger partial charge on any atom is 0.326 e. The molecule has 0 aliphatic rings. The molecular weight excluding hydrogens is 558 g/mol. The summed E-state index contributed by atoms with van der Waals surface area (Å²) in [5.74, 6) is -3.27. The Bertz CT molecular complexity index is 1510. The Balaban J connectivity index is 1.49. The molecule has 13 heteroatoms. The fourth-order valence-corrected chi connectivity index (χ4v) is 4.78. The van der Waals surface area contributed by atoms with Crippen molar-refractivity contribution < 1.29 is 24.3 Å². The molecule has 4 unspecified atom stereocenters. The van der Waals surface area contributed by atoms with Gasteiger partial charge in [0, 0.05) is 47.6 Å². The minimum Gasteiger partial charge on any atom is -0.480 e. The molecule has 0 saturated heterocycles. The highest BCUT2D eigenvalue weighted by Gasteiger charge is 2.30. The van der Waals surface area contributed by atoms with Crippen LogP contribution in [0.25, 0.3) is 10.9 Å². The Morgan fingerprint density at radius 1 is 0.833 bits per heavy atom. The molecule has 0 aliphatic heterocycles. The molecule has 3 amide bonds. The predicted octanol–water partition coefficient (Wildman–Crippen LogP) is 0.715. The fraction of sp³-hybridized carbons (Fsp3) is 0.276. The molecule has 2 heterocycles. The number of carbonyl (C=O) groups is 4. The predicted molar refractivity (Wildman–Crippen MR) is 160 cm³/mol. The number of hydrogen-bond donors (Lipinski definition) is 8. The second-order valence-electron chi connectivity index (χ2n) is 9.85. The van der Waals surface area contributed by atoms with Gasteiger partial charge in [-0.15, -0.1) is 0 Å². The van der Waals surface area contributed by atoms with Crippen LogP contribution in [0.4, 0.5) is 0 Å². The SMILES string of the molecule is NC(Cc1ccccc1)C(=O)NC(Cc1c[nH]c2ccccc12)C(=O)NC(CS)C(=O)NC(Cc1cnc[nH]1)C(=O)O. The second-order valence-corrected chi connectivity index (χ2v) is 10.2. The molecule has 8 N–H and O–H groups in total. The first-order valence-corrected chi connectivity index (χ1v) is 13.9. The van der Waals surface area contributed by atoms with Crippen molar-refractivity contribution in [3.05, 3.63) is 90.1 Å². The van der Waals surface area contributed by atoms with Gasteiger partial charge < -0.3 is 36.8 Å². The van der Waals surface area contributed by atoms with Gasteiger partial charge in [0.15, 0.2) is 0 Å². The van der Waals surface area contributed by atoms with Crippen LogP contribution >= 0.6 is 12.6 Å². The number of amides is 3. The van der Waals surface area contributed by atoms with Crippen molar-refractivity contribution in [1.82, 2.24) is 30.9 Å². The van der Waals surface area contributed by atoms with Crippen LogP contribution in [0.1, 0.15) is 16.8 Å². The summed E-state index contributed by atoms with van der Waals surface area (Å²) in [6.45, 7) is 0. The van der Waals surface area contributed by atoms with Gasteiger partial charge in [-0.05, 0) is 23.6 Å². The maximum absolute atomic E-state index is 13.6. The molecule has 0 radical (unpaired) electrons. The number of nitrogens with one attached hydrogen (secondary N) is 5. The number of para-hydroxylation sites is 1. The zero-order valence-electron chi connectivity index (χ0n) is 22.6. The average molecular weight is 592 g/mol. The number of imidazole rings is 1. The summed E-state index contributed by atoms with van der Waals surface area (Å²) in [5, 5.41) is 18.3. The second kappa shape index (κ2) is 14.3. The van der Waals surface area contributed by atoms with Crippen LogP contribution in [0, 0.1) is 0 Å². The summed E-state index contributed by atoms with van der Waals surface area (Å²) in [4.78, 5) is 61.3. The number of aliphatic carboxylic acids is 1. The lowest BCUT2D eigenvalue weighted by molar-refractivity contribution is -0.142. The highest BCUT2D eigenvalue weighted by atomic mass is 32.1. The van der Waals surface area contributed by atoms with Gasteiger partial charge in [0.05, 0.1) is 12.4 Å². The van der Waals surface area contributed by atoms with Gasteiger partial charge in [-0.3, -0.25) is 14.4 Å². The van der Waals surface area contributed by atoms with Crippen LogP contribution in [-0.2, 0) is 38.4 Å². The molecule has 42 heavy (non-hydrogen) atoms. The van der Waals surface area contributed by atoms with E-state index >= 15 is 0 Å². The minimum absolute atomic E-state index is 0.0349. The van der Waals surface area contributed by atoms with E-state index in [4.69, 9.17) is 5.73 Å². The molecule has 0 bridgehead atoms. The minimum atomic E-state index is -1.27. The molecular formula is C29H33N7O5S. The summed E-state index contributed by atoms with van der Waals surface area (Å²) in [6.07, 6.45) is 4.96. The van der Waals surface area contributed by atoms with Crippen molar-refractivity contribution >= 4 is 47.2 Å². The smallest absolute Gasteiger partial charge is 0.326 e. The zero-order valence-corrected chi connectivity index (χ0v) is 23.5. The Labute approximate surface area is 247 Å². The van der Waals surface area contributed by atoms with E-state index in [9.17, 15) is 24.3 Å². The van der Waals surface area contributed by atoms with Gasteiger partial charge in [0.1, 0.15) is 18.1 Å². The van der Waals surface area contributed by atoms with E-state index < -0.39 is 47.9 Å². The molecule has 4 rings (SSSR count). The van der Waals surface area contributed by atoms with Crippen molar-refractivity contribution in [3.63, 3.8) is 0 Å². The molecule has 2 aromatic heterocycles. The van der Waals surface area contributed by atoms with Gasteiger partial charge >= 0.3 is 5.97 Å². The highest BCUT2D eigenvalue weighted by molar-refractivity contribution is 7.80. The van der Waals surface area contributed by atoms with E-state index in [1.165, 1.54) is 12.5 Å². The summed E-state index contributed by atoms with van der Waals surface area (Å²) in [6, 6.07) is 12.4. The standard InChI is InChI=1S/C29H33N7O5S/c30-21(10-17-6-2-1-3-7-17)26(37)34-23(11-18-13-32-22-9-5-4-8-20(18)22)27(38)36-25(15-42)28(39)35-24(29(40)41)12-19-14-31-16-33-19/h1-9,13-14,16,21,23-25,32,42H,10-12,15,30H2,(H,31,33)(H,34,37)(H,35,39)(H,36,38)(H,40,41). The maximum atomic E-state index is 13.6. The van der Waals surface area contributed by atoms with Gasteiger partial charge in [0.2, 0.25) is 17.7 Å². The van der Waals surface area contributed by atoms with Crippen LogP contribution in [0.3, 0.4) is 0 Å². The summed E-state index contributed by atoms with van der Waals surface area (Å²) in [5.41, 5.74) is 9.21. The number of aromatic nitrogens is 3.